The second-order valence-corrected chi connectivity index (χ2v) is 24.3. The zero-order chi connectivity index (χ0) is 51.2. The molecule has 0 spiro atoms. The van der Waals surface area contributed by atoms with Crippen LogP contribution >= 0.6 is 7.82 Å². The number of quaternary nitrogens is 1. The average Bonchev–Trinajstić information content (AvgIpc) is 3.32. The number of ether oxygens (including phenoxy) is 2. The maximum Gasteiger partial charge on any atom is 0.472 e. The molecule has 0 radical (unpaired) electrons. The number of phosphoric ester groups is 1. The third kappa shape index (κ3) is 58.4. The molecule has 0 amide bonds. The molecule has 0 aliphatic rings. The first-order valence-corrected chi connectivity index (χ1v) is 32.8. The van der Waals surface area contributed by atoms with Gasteiger partial charge in [0.25, 0.3) is 0 Å². The van der Waals surface area contributed by atoms with Crippen LogP contribution in [-0.2, 0) is 27.9 Å². The van der Waals surface area contributed by atoms with Crippen molar-refractivity contribution in [1.29, 1.82) is 0 Å². The summed E-state index contributed by atoms with van der Waals surface area (Å²) in [5.41, 5.74) is 0. The van der Waals surface area contributed by atoms with Gasteiger partial charge in [0.2, 0.25) is 0 Å². The minimum Gasteiger partial charge on any atom is -0.457 e. The Morgan fingerprint density at radius 1 is 0.386 bits per heavy atom. The van der Waals surface area contributed by atoms with Gasteiger partial charge in [0, 0.05) is 13.0 Å². The molecule has 0 heterocycles. The van der Waals surface area contributed by atoms with Crippen LogP contribution in [0.3, 0.4) is 0 Å². The van der Waals surface area contributed by atoms with Gasteiger partial charge in [-0.25, -0.2) is 4.57 Å². The van der Waals surface area contributed by atoms with Crippen molar-refractivity contribution in [3.8, 4) is 0 Å². The van der Waals surface area contributed by atoms with E-state index in [0.29, 0.717) is 24.1 Å². The number of hydrogen-bond donors (Lipinski definition) is 1. The SMILES string of the molecule is CCCCCCCCCCCCCCCCCCCCCCCCCCCC(=O)OC(COCCCCCCCCCCCCCCCCCCCCCCCCC)COP(=O)(O)OCC[N+](C)(C)C. The average molecular weight is 1020 g/mol. The first kappa shape index (κ1) is 69.5. The fourth-order valence-electron chi connectivity index (χ4n) is 9.62. The predicted octanol–water partition coefficient (Wildman–Crippen LogP) is 19.9. The molecule has 0 bridgehead atoms. The predicted molar refractivity (Wildman–Crippen MR) is 303 cm³/mol. The van der Waals surface area contributed by atoms with Crippen molar-refractivity contribution in [2.75, 3.05) is 54.1 Å². The molecule has 1 N–H and O–H groups in total. The van der Waals surface area contributed by atoms with Crippen LogP contribution in [0.4, 0.5) is 0 Å². The molecule has 0 saturated heterocycles. The number of nitrogens with zero attached hydrogens (tertiary/aromatic N) is 1. The minimum absolute atomic E-state index is 0.0946. The summed E-state index contributed by atoms with van der Waals surface area (Å²) in [6.07, 6.45) is 64.7. The fraction of sp³-hybridized carbons (Fsp3) is 0.984. The van der Waals surface area contributed by atoms with Gasteiger partial charge in [-0.3, -0.25) is 13.8 Å². The summed E-state index contributed by atoms with van der Waals surface area (Å²) in [5, 5.41) is 0. The highest BCUT2D eigenvalue weighted by Crippen LogP contribution is 2.43. The third-order valence-electron chi connectivity index (χ3n) is 14.4. The Morgan fingerprint density at radius 3 is 0.943 bits per heavy atom. The number of likely N-dealkylation sites (N-methyl/N-ethyl adjacent to an activating group) is 1. The summed E-state index contributed by atoms with van der Waals surface area (Å²) in [7, 11) is 1.70. The number of rotatable bonds is 60. The molecule has 0 aliphatic carbocycles. The van der Waals surface area contributed by atoms with Gasteiger partial charge in [-0.1, -0.05) is 309 Å². The van der Waals surface area contributed by atoms with E-state index in [1.807, 2.05) is 21.1 Å². The molecule has 9 heteroatoms. The summed E-state index contributed by atoms with van der Waals surface area (Å²) >= 11 is 0. The smallest absolute Gasteiger partial charge is 0.457 e. The van der Waals surface area contributed by atoms with E-state index < -0.39 is 13.9 Å². The minimum atomic E-state index is -4.28. The largest absolute Gasteiger partial charge is 0.472 e. The van der Waals surface area contributed by atoms with Crippen molar-refractivity contribution >= 4 is 13.8 Å². The molecule has 0 rings (SSSR count). The molecule has 0 aromatic rings. The van der Waals surface area contributed by atoms with Gasteiger partial charge >= 0.3 is 13.8 Å². The van der Waals surface area contributed by atoms with Crippen LogP contribution in [0.15, 0.2) is 0 Å². The van der Waals surface area contributed by atoms with Crippen molar-refractivity contribution in [2.45, 2.75) is 335 Å². The Balaban J connectivity index is 3.96. The first-order chi connectivity index (χ1) is 34.1. The molecule has 2 unspecified atom stereocenters. The van der Waals surface area contributed by atoms with E-state index in [4.69, 9.17) is 18.5 Å². The van der Waals surface area contributed by atoms with Crippen LogP contribution in [0, 0.1) is 0 Å². The third-order valence-corrected chi connectivity index (χ3v) is 15.4. The summed E-state index contributed by atoms with van der Waals surface area (Å²) in [6.45, 7) is 5.73. The van der Waals surface area contributed by atoms with Gasteiger partial charge in [-0.15, -0.1) is 0 Å². The number of hydrogen-bond acceptors (Lipinski definition) is 6. The lowest BCUT2D eigenvalue weighted by Crippen LogP contribution is -2.37. The molecule has 0 saturated carbocycles. The second-order valence-electron chi connectivity index (χ2n) is 22.8. The summed E-state index contributed by atoms with van der Waals surface area (Å²) < 4.78 is 35.4. The van der Waals surface area contributed by atoms with E-state index in [1.54, 1.807) is 0 Å². The Morgan fingerprint density at radius 2 is 0.657 bits per heavy atom. The highest BCUT2D eigenvalue weighted by atomic mass is 31.2. The van der Waals surface area contributed by atoms with Crippen LogP contribution < -0.4 is 0 Å². The molecule has 2 atom stereocenters. The molecule has 0 aromatic carbocycles. The summed E-state index contributed by atoms with van der Waals surface area (Å²) in [4.78, 5) is 23.1. The summed E-state index contributed by atoms with van der Waals surface area (Å²) in [6, 6.07) is 0. The zero-order valence-electron chi connectivity index (χ0n) is 48.1. The fourth-order valence-corrected chi connectivity index (χ4v) is 10.4. The Labute approximate surface area is 438 Å². The molecule has 0 fully saturated rings. The molecule has 0 aromatic heterocycles. The molecular formula is C61H125NO7P+. The Hall–Kier alpha value is -0.500. The van der Waals surface area contributed by atoms with Gasteiger partial charge in [0.05, 0.1) is 34.4 Å². The lowest BCUT2D eigenvalue weighted by molar-refractivity contribution is -0.870. The Kier molecular flexibility index (Phi) is 54.4. The van der Waals surface area contributed by atoms with Gasteiger partial charge in [0.1, 0.15) is 19.3 Å². The molecular weight excluding hydrogens is 890 g/mol. The molecule has 70 heavy (non-hydrogen) atoms. The van der Waals surface area contributed by atoms with E-state index in [-0.39, 0.29) is 25.8 Å². The monoisotopic (exact) mass is 1010 g/mol. The maximum atomic E-state index is 12.8. The Bertz CT molecular complexity index is 1090. The van der Waals surface area contributed by atoms with Crippen molar-refractivity contribution in [3.05, 3.63) is 0 Å². The van der Waals surface area contributed by atoms with Crippen molar-refractivity contribution in [2.24, 2.45) is 0 Å². The van der Waals surface area contributed by atoms with Crippen molar-refractivity contribution < 1.29 is 37.3 Å². The van der Waals surface area contributed by atoms with Crippen LogP contribution in [0.25, 0.3) is 0 Å². The molecule has 420 valence electrons. The second kappa shape index (κ2) is 54.8. The lowest BCUT2D eigenvalue weighted by Gasteiger charge is -2.24. The van der Waals surface area contributed by atoms with Gasteiger partial charge in [0.15, 0.2) is 0 Å². The van der Waals surface area contributed by atoms with Crippen molar-refractivity contribution in [3.63, 3.8) is 0 Å². The van der Waals surface area contributed by atoms with E-state index in [1.165, 1.54) is 276 Å². The number of carbonyl (C=O) groups is 1. The first-order valence-electron chi connectivity index (χ1n) is 31.3. The van der Waals surface area contributed by atoms with Gasteiger partial charge in [-0.05, 0) is 12.8 Å². The lowest BCUT2D eigenvalue weighted by atomic mass is 10.0. The highest BCUT2D eigenvalue weighted by molar-refractivity contribution is 7.47. The normalized spacial score (nSPS) is 13.3. The van der Waals surface area contributed by atoms with Crippen LogP contribution in [0.5, 0.6) is 0 Å². The summed E-state index contributed by atoms with van der Waals surface area (Å²) in [5.74, 6) is -0.301. The van der Waals surface area contributed by atoms with Gasteiger partial charge < -0.3 is 18.9 Å². The quantitative estimate of drug-likeness (QED) is 0.0281. The van der Waals surface area contributed by atoms with E-state index in [0.717, 1.165) is 32.1 Å². The number of carbonyl (C=O) groups excluding carboxylic acids is 1. The van der Waals surface area contributed by atoms with Crippen LogP contribution in [0.1, 0.15) is 328 Å². The van der Waals surface area contributed by atoms with E-state index in [2.05, 4.69) is 13.8 Å². The van der Waals surface area contributed by atoms with Crippen molar-refractivity contribution in [1.82, 2.24) is 0 Å². The number of unbranched alkanes of at least 4 members (excludes halogenated alkanes) is 46. The maximum absolute atomic E-state index is 12.8. The zero-order valence-corrected chi connectivity index (χ0v) is 48.9. The topological polar surface area (TPSA) is 91.3 Å². The standard InChI is InChI=1S/C61H124NO7P/c1-6-8-10-12-14-16-18-20-22-24-26-28-30-31-32-34-36-38-40-42-44-46-48-50-52-54-61(63)69-60(59-68-70(64,65)67-57-55-62(3,4)5)58-66-56-53-51-49-47-45-43-41-39-37-35-33-29-27-25-23-21-19-17-15-13-11-9-7-2/h60H,6-59H2,1-5H3/p+1. The molecule has 8 nitrogen and oxygen atoms in total. The van der Waals surface area contributed by atoms with E-state index in [9.17, 15) is 14.3 Å². The van der Waals surface area contributed by atoms with E-state index >= 15 is 0 Å². The highest BCUT2D eigenvalue weighted by Gasteiger charge is 2.26. The van der Waals surface area contributed by atoms with Gasteiger partial charge in [-0.2, -0.15) is 0 Å². The molecule has 0 aliphatic heterocycles. The van der Waals surface area contributed by atoms with Crippen LogP contribution in [0.2, 0.25) is 0 Å². The number of phosphoric acid groups is 1. The number of esters is 1. The van der Waals surface area contributed by atoms with Crippen LogP contribution in [-0.4, -0.2) is 75.6 Å².